The van der Waals surface area contributed by atoms with Gasteiger partial charge in [-0.15, -0.1) is 65.9 Å². The van der Waals surface area contributed by atoms with Crippen molar-refractivity contribution in [3.63, 3.8) is 0 Å². The summed E-state index contributed by atoms with van der Waals surface area (Å²) in [5.74, 6) is 0.328. The van der Waals surface area contributed by atoms with Gasteiger partial charge in [-0.3, -0.25) is 33.5 Å². The van der Waals surface area contributed by atoms with E-state index in [9.17, 15) is 74.7 Å². The first-order chi connectivity index (χ1) is 51.4. The van der Waals surface area contributed by atoms with Crippen LogP contribution in [0.3, 0.4) is 0 Å². The molecule has 630 valence electrons. The van der Waals surface area contributed by atoms with E-state index in [4.69, 9.17) is 28.4 Å². The number of nitrogens with zero attached hydrogens (tertiary/aromatic N) is 5. The minimum absolute atomic E-state index is 0.218. The van der Waals surface area contributed by atoms with Gasteiger partial charge >= 0.3 is 5.69 Å². The third-order valence-corrected chi connectivity index (χ3v) is 27.9. The monoisotopic (exact) mass is 1670 g/mol. The summed E-state index contributed by atoms with van der Waals surface area (Å²) in [5.41, 5.74) is -5.09. The molecule has 0 aromatic carbocycles. The van der Waals surface area contributed by atoms with Gasteiger partial charge in [0.25, 0.3) is 29.2 Å². The van der Waals surface area contributed by atoms with Crippen LogP contribution in [0.4, 0.5) is 0 Å². The van der Waals surface area contributed by atoms with Crippen LogP contribution in [0.1, 0.15) is 78.0 Å². The summed E-state index contributed by atoms with van der Waals surface area (Å²) in [7, 11) is 0. The zero-order valence-corrected chi connectivity index (χ0v) is 71.9. The number of aromatic amines is 1. The van der Waals surface area contributed by atoms with Crippen LogP contribution in [0.5, 0.6) is 0 Å². The number of hydrogen-bond donors (Lipinski definition) is 14. The number of nitrogens with one attached hydrogen (secondary N) is 5. The van der Waals surface area contributed by atoms with Crippen LogP contribution in [0, 0.1) is 0 Å². The van der Waals surface area contributed by atoms with E-state index in [-0.39, 0.29) is 23.6 Å². The average molecular weight is 1670 g/mol. The fraction of sp³-hybridized carbons (Fsp3) is 0.618. The van der Waals surface area contributed by atoms with Crippen molar-refractivity contribution < 1.29 is 93.6 Å². The maximum atomic E-state index is 12.1. The molecule has 10 aliphatic heterocycles. The van der Waals surface area contributed by atoms with Crippen molar-refractivity contribution in [3.8, 4) is 0 Å². The Morgan fingerprint density at radius 3 is 1.25 bits per heavy atom. The summed E-state index contributed by atoms with van der Waals surface area (Å²) in [6.07, 6.45) is 29.6. The Kier molecular flexibility index (Phi) is 30.6. The molecule has 11 heterocycles. The second-order valence-electron chi connectivity index (χ2n) is 34.4. The van der Waals surface area contributed by atoms with Crippen LogP contribution < -0.4 is 32.5 Å². The number of hydrogen-bond acceptors (Lipinski definition) is 25. The van der Waals surface area contributed by atoms with Crippen molar-refractivity contribution in [2.24, 2.45) is 0 Å². The van der Waals surface area contributed by atoms with Crippen molar-refractivity contribution in [1.29, 1.82) is 0 Å². The molecule has 20 atom stereocenters. The van der Waals surface area contributed by atoms with Gasteiger partial charge in [-0.2, -0.15) is 0 Å². The molecule has 31 nitrogen and oxygen atoms in total. The standard InChI is InChI=1S/C16H27N2O5P.C15H23N2O4P.3C15H25N2O4P/c1-5-6-10-9-18(16(22)17-14(10)21)15-13(20)12(19)11(23-15)7-8-24(2,3)4;1-10-16-11(18)5-7-17(10)14-12-13(19)15(21-14,9-20-12)6-8-22(2,3)4;2*1-10-16-12(18)6-8-17(10)14-15(2,20)13(19)11(21-14)7-9-22(3,4)5;1-10-16-11(18)6-8-17(10)14-12(19)13(20)15(2,21-14)7-9-22(3,4)5/h9,11-13,15,19-20H,2,5-8H2,1,3-4H3,(H,17,21,22);5,7,12-14,19H,1-2,6,8-9H2,3-4H3,(H,16,18);2*6,8,11,13-14,19-20H,1,3,7,9H2,2,4-5H3,(H,16,18);6,8,12-14,19-20H,1,3,7,9H2,2,4-5H3,(H,16,18)/t11-,12-,13-,15-;12-,13+,14-,15+;11-,13-,14-,15+;11-,13-,14-,15-;12-,13+,14-,15-/m11111/s1. The SMILES string of the molecule is C=C1NC(=O)C=CN1[C@@H]1O[C@@]2(CCP(=C)(C)C)CO[C@@H]1[C@@H]2O.C=C1NC(=O)C=CN1[C@@H]1O[C@H](CCP(=C)(C)C)[C@@H](O)[C@@]1(C)O.C=C1NC(=O)C=CN1[C@@H]1O[C@H](CCP(=C)(C)C)[C@@H](O)[C@]1(C)O.C=C1NC(=O)C=CN1[C@@H]1O[C@](C)(CCP(=C)(C)C)[C@@H](O)[C@H]1O.C=P(C)(C)CC[C@H]1O[C@@H](n2cc(CCC)c(=O)[nH]c2=O)[C@H](O)[C@@H]1O. The molecule has 0 spiro atoms. The Bertz CT molecular complexity index is 4040. The maximum absolute atomic E-state index is 12.1. The molecule has 14 N–H and O–H groups in total. The Morgan fingerprint density at radius 1 is 0.473 bits per heavy atom. The number of H-pyrrole nitrogens is 1. The predicted octanol–water partition coefficient (Wildman–Crippen LogP) is 1.58. The minimum Gasteiger partial charge on any atom is -0.388 e. The van der Waals surface area contributed by atoms with Crippen molar-refractivity contribution >= 4 is 89.6 Å². The van der Waals surface area contributed by atoms with Crippen LogP contribution in [0.2, 0.25) is 0 Å². The van der Waals surface area contributed by atoms with E-state index in [1.807, 2.05) is 6.92 Å². The Morgan fingerprint density at radius 2 is 0.857 bits per heavy atom. The normalized spacial score (nSPS) is 34.5. The minimum atomic E-state index is -1.47. The van der Waals surface area contributed by atoms with E-state index < -0.39 is 166 Å². The zero-order chi connectivity index (χ0) is 84.3. The highest BCUT2D eigenvalue weighted by Crippen LogP contribution is 2.50. The van der Waals surface area contributed by atoms with Gasteiger partial charge in [0.2, 0.25) is 0 Å². The molecular weight excluding hydrogens is 1540 g/mol. The van der Waals surface area contributed by atoms with Gasteiger partial charge in [0, 0.05) is 60.9 Å². The number of aromatic nitrogens is 2. The number of carbonyl (C=O) groups is 4. The van der Waals surface area contributed by atoms with Gasteiger partial charge in [-0.25, -0.2) is 4.79 Å². The lowest BCUT2D eigenvalue weighted by Gasteiger charge is -2.38. The molecule has 0 radical (unpaired) electrons. The van der Waals surface area contributed by atoms with E-state index in [0.717, 1.165) is 43.7 Å². The van der Waals surface area contributed by atoms with Crippen LogP contribution in [-0.2, 0) is 54.0 Å². The molecule has 112 heavy (non-hydrogen) atoms. The number of carbonyl (C=O) groups excluding carboxylic acids is 4. The number of amides is 4. The Balaban J connectivity index is 0.000000194. The lowest BCUT2D eigenvalue weighted by Crippen LogP contribution is -2.53. The Labute approximate surface area is 659 Å². The largest absolute Gasteiger partial charge is 0.388 e. The molecule has 0 saturated carbocycles. The van der Waals surface area contributed by atoms with E-state index in [1.165, 1.54) is 82.2 Å². The number of aliphatic hydroxyl groups is 9. The second-order valence-corrected chi connectivity index (χ2v) is 56.0. The fourth-order valence-corrected chi connectivity index (χ4v) is 18.7. The number of aliphatic hydroxyl groups excluding tert-OH is 7. The molecule has 36 heteroatoms. The van der Waals surface area contributed by atoms with Crippen LogP contribution in [-0.4, -0.2) is 349 Å². The highest BCUT2D eigenvalue weighted by Gasteiger charge is 2.63. The van der Waals surface area contributed by atoms with Gasteiger partial charge in [0.1, 0.15) is 88.9 Å². The highest BCUT2D eigenvalue weighted by molar-refractivity contribution is 7.73. The Hall–Kier alpha value is -5.42. The van der Waals surface area contributed by atoms with Crippen molar-refractivity contribution in [1.82, 2.24) is 50.4 Å². The first-order valence-electron chi connectivity index (χ1n) is 37.2. The van der Waals surface area contributed by atoms with Gasteiger partial charge in [-0.05, 0) is 157 Å². The van der Waals surface area contributed by atoms with Crippen molar-refractivity contribution in [2.75, 3.05) is 104 Å². The summed E-state index contributed by atoms with van der Waals surface area (Å²) in [6, 6.07) is 0. The lowest BCUT2D eigenvalue weighted by molar-refractivity contribution is -0.182. The number of aryl methyl sites for hydroxylation is 1. The third-order valence-electron chi connectivity index (χ3n) is 20.6. The van der Waals surface area contributed by atoms with Gasteiger partial charge in [0.15, 0.2) is 31.1 Å². The topological polar surface area (TPSA) is 422 Å². The molecule has 6 saturated heterocycles. The van der Waals surface area contributed by atoms with E-state index in [1.54, 1.807) is 18.0 Å². The summed E-state index contributed by atoms with van der Waals surface area (Å²) >= 11 is 0. The second kappa shape index (κ2) is 36.6. The van der Waals surface area contributed by atoms with Gasteiger partial charge < -0.3 is 115 Å². The van der Waals surface area contributed by atoms with Gasteiger partial charge in [-0.1, -0.05) is 39.7 Å². The van der Waals surface area contributed by atoms with Crippen molar-refractivity contribution in [2.45, 2.75) is 193 Å². The fourth-order valence-electron chi connectivity index (χ4n) is 13.8. The van der Waals surface area contributed by atoms with Crippen molar-refractivity contribution in [3.05, 3.63) is 131 Å². The quantitative estimate of drug-likeness (QED) is 0.0733. The third kappa shape index (κ3) is 23.7. The number of rotatable bonds is 22. The molecule has 0 unspecified atom stereocenters. The first-order valence-corrected chi connectivity index (χ1v) is 52.4. The smallest absolute Gasteiger partial charge is 0.330 e. The maximum Gasteiger partial charge on any atom is 0.330 e. The number of ether oxygens (including phenoxy) is 6. The summed E-state index contributed by atoms with van der Waals surface area (Å²) in [6.45, 7) is 37.3. The molecule has 11 rings (SSSR count). The van der Waals surface area contributed by atoms with Crippen LogP contribution in [0.25, 0.3) is 0 Å². The van der Waals surface area contributed by atoms with E-state index in [2.05, 4.69) is 151 Å². The molecule has 1 aromatic rings. The molecule has 6 fully saturated rings. The van der Waals surface area contributed by atoms with Crippen LogP contribution in [0.15, 0.2) is 114 Å². The lowest BCUT2D eigenvalue weighted by atomic mass is 9.94. The molecule has 1 aromatic heterocycles. The summed E-state index contributed by atoms with van der Waals surface area (Å²) < 4.78 is 36.6. The number of fused-ring (bicyclic) bond motifs is 2. The first kappa shape index (κ1) is 93.7. The summed E-state index contributed by atoms with van der Waals surface area (Å²) in [5, 5.41) is 104. The molecule has 10 aliphatic rings. The molecular formula is C76H125N10O21P5. The van der Waals surface area contributed by atoms with E-state index >= 15 is 0 Å². The molecule has 4 amide bonds. The van der Waals surface area contributed by atoms with Gasteiger partial charge in [0.05, 0.1) is 30.5 Å². The average Bonchev–Trinajstić information content (AvgIpc) is 1.58. The van der Waals surface area contributed by atoms with Crippen LogP contribution >= 0.6 is 34.4 Å². The zero-order valence-electron chi connectivity index (χ0n) is 67.4. The highest BCUT2D eigenvalue weighted by atomic mass is 31.2. The summed E-state index contributed by atoms with van der Waals surface area (Å²) in [4.78, 5) is 77.6. The van der Waals surface area contributed by atoms with E-state index in [0.29, 0.717) is 67.6 Å². The molecule has 0 aliphatic carbocycles. The predicted molar refractivity (Wildman–Crippen MR) is 450 cm³/mol. The molecule has 2 bridgehead atoms.